The van der Waals surface area contributed by atoms with Crippen LogP contribution in [0.5, 0.6) is 5.75 Å². The second kappa shape index (κ2) is 6.50. The van der Waals surface area contributed by atoms with E-state index in [0.29, 0.717) is 6.61 Å². The maximum Gasteiger partial charge on any atom is 0.185 e. The molecule has 0 heterocycles. The maximum atomic E-state index is 6.71. The van der Waals surface area contributed by atoms with Gasteiger partial charge < -0.3 is 4.74 Å². The maximum absolute atomic E-state index is 6.71. The Bertz CT molecular complexity index is 630. The van der Waals surface area contributed by atoms with Gasteiger partial charge in [-0.2, -0.15) is 11.1 Å². The molecule has 0 N–H and O–H groups in total. The molecule has 3 heteroatoms. The zero-order valence-corrected chi connectivity index (χ0v) is 14.6. The van der Waals surface area contributed by atoms with Crippen LogP contribution in [0, 0.1) is 6.92 Å². The summed E-state index contributed by atoms with van der Waals surface area (Å²) in [4.78, 5) is 0. The number of hydrogen-bond acceptors (Lipinski definition) is 1. The highest BCUT2D eigenvalue weighted by Crippen LogP contribution is 2.32. The van der Waals surface area contributed by atoms with Crippen LogP contribution in [0.15, 0.2) is 55.1 Å². The lowest BCUT2D eigenvalue weighted by Gasteiger charge is -2.22. The Balaban J connectivity index is 2.67. The van der Waals surface area contributed by atoms with Crippen molar-refractivity contribution in [2.45, 2.75) is 20.0 Å². The van der Waals surface area contributed by atoms with Crippen molar-refractivity contribution in [2.24, 2.45) is 0 Å². The van der Waals surface area contributed by atoms with E-state index in [4.69, 9.17) is 15.8 Å². The Morgan fingerprint density at radius 1 is 1.19 bits per heavy atom. The molecule has 0 amide bonds. The van der Waals surface area contributed by atoms with Crippen LogP contribution >= 0.6 is 11.1 Å². The van der Waals surface area contributed by atoms with Gasteiger partial charge in [-0.25, -0.2) is 0 Å². The van der Waals surface area contributed by atoms with Crippen LogP contribution in [0.1, 0.15) is 5.56 Å². The van der Waals surface area contributed by atoms with E-state index >= 15 is 0 Å². The molecule has 0 saturated heterocycles. The van der Waals surface area contributed by atoms with Gasteiger partial charge in [0.15, 0.2) is 7.38 Å². The van der Waals surface area contributed by atoms with Gasteiger partial charge in [0, 0.05) is 5.56 Å². The van der Waals surface area contributed by atoms with Gasteiger partial charge in [0.05, 0.1) is 0 Å². The molecule has 0 aromatic heterocycles. The number of benzene rings is 2. The van der Waals surface area contributed by atoms with Gasteiger partial charge in [0.25, 0.3) is 0 Å². The SMILES string of the molecule is C=CCOc1c(-c2ccccc2)cc(C)cc1[Si](C)(C)Cl. The van der Waals surface area contributed by atoms with Crippen LogP contribution in [-0.2, 0) is 0 Å². The fourth-order valence-electron chi connectivity index (χ4n) is 2.34. The molecule has 0 aliphatic heterocycles. The third kappa shape index (κ3) is 3.77. The van der Waals surface area contributed by atoms with Crippen LogP contribution in [0.3, 0.4) is 0 Å². The lowest BCUT2D eigenvalue weighted by Crippen LogP contribution is -2.37. The molecule has 2 rings (SSSR count). The number of ether oxygens (including phenoxy) is 1. The predicted molar refractivity (Wildman–Crippen MR) is 95.3 cm³/mol. The predicted octanol–water partition coefficient (Wildman–Crippen LogP) is 4.88. The number of aryl methyl sites for hydroxylation is 1. The van der Waals surface area contributed by atoms with Gasteiger partial charge in [0.2, 0.25) is 0 Å². The van der Waals surface area contributed by atoms with Gasteiger partial charge in [0.1, 0.15) is 12.4 Å². The summed E-state index contributed by atoms with van der Waals surface area (Å²) in [6, 6.07) is 14.6. The van der Waals surface area contributed by atoms with Crippen molar-refractivity contribution in [3.05, 3.63) is 60.7 Å². The average molecular weight is 317 g/mol. The van der Waals surface area contributed by atoms with Gasteiger partial charge >= 0.3 is 0 Å². The topological polar surface area (TPSA) is 9.23 Å². The summed E-state index contributed by atoms with van der Waals surface area (Å²) in [5.74, 6) is 0.901. The number of halogens is 1. The molecular weight excluding hydrogens is 296 g/mol. The van der Waals surface area contributed by atoms with Crippen molar-refractivity contribution in [3.63, 3.8) is 0 Å². The fourth-order valence-corrected chi connectivity index (χ4v) is 4.08. The quantitative estimate of drug-likeness (QED) is 0.434. The second-order valence-corrected chi connectivity index (χ2v) is 11.9. The summed E-state index contributed by atoms with van der Waals surface area (Å²) in [6.45, 7) is 10.6. The van der Waals surface area contributed by atoms with Crippen molar-refractivity contribution in [1.29, 1.82) is 0 Å². The van der Waals surface area contributed by atoms with Crippen molar-refractivity contribution < 1.29 is 4.74 Å². The Labute approximate surface area is 132 Å². The molecule has 0 aliphatic carbocycles. The minimum atomic E-state index is -2.01. The smallest absolute Gasteiger partial charge is 0.185 e. The molecular formula is C18H21ClOSi. The Morgan fingerprint density at radius 2 is 1.86 bits per heavy atom. The molecule has 0 fully saturated rings. The molecule has 0 bridgehead atoms. The lowest BCUT2D eigenvalue weighted by molar-refractivity contribution is 0.367. The highest BCUT2D eigenvalue weighted by atomic mass is 35.6. The van der Waals surface area contributed by atoms with E-state index in [1.807, 2.05) is 18.2 Å². The third-order valence-electron chi connectivity index (χ3n) is 3.30. The standard InChI is InChI=1S/C18H21ClOSi/c1-5-11-20-18-16(15-9-7-6-8-10-15)12-14(2)13-17(18)21(3,4)19/h5-10,12-13H,1,11H2,2-4H3. The van der Waals surface area contributed by atoms with E-state index in [1.54, 1.807) is 6.08 Å². The largest absolute Gasteiger partial charge is 0.489 e. The molecule has 0 aliphatic rings. The minimum absolute atomic E-state index is 0.483. The Kier molecular flexibility index (Phi) is 4.91. The van der Waals surface area contributed by atoms with Gasteiger partial charge in [-0.05, 0) is 23.7 Å². The molecule has 0 radical (unpaired) electrons. The highest BCUT2D eigenvalue weighted by Gasteiger charge is 2.27. The summed E-state index contributed by atoms with van der Waals surface area (Å²) in [5, 5.41) is 1.14. The molecule has 2 aromatic rings. The molecule has 21 heavy (non-hydrogen) atoms. The molecule has 2 aromatic carbocycles. The third-order valence-corrected chi connectivity index (χ3v) is 5.57. The normalized spacial score (nSPS) is 11.2. The van der Waals surface area contributed by atoms with Crippen molar-refractivity contribution in [1.82, 2.24) is 0 Å². The van der Waals surface area contributed by atoms with Crippen molar-refractivity contribution in [3.8, 4) is 16.9 Å². The van der Waals surface area contributed by atoms with Crippen LogP contribution < -0.4 is 9.92 Å². The Morgan fingerprint density at radius 3 is 2.43 bits per heavy atom. The van der Waals surface area contributed by atoms with Crippen molar-refractivity contribution >= 4 is 23.6 Å². The van der Waals surface area contributed by atoms with E-state index in [9.17, 15) is 0 Å². The first-order chi connectivity index (χ1) is 9.93. The first-order valence-corrected chi connectivity index (χ1v) is 11.1. The van der Waals surface area contributed by atoms with Gasteiger partial charge in [-0.15, -0.1) is 0 Å². The second-order valence-electron chi connectivity index (χ2n) is 5.63. The van der Waals surface area contributed by atoms with Crippen LogP contribution in [0.4, 0.5) is 0 Å². The zero-order valence-electron chi connectivity index (χ0n) is 12.8. The van der Waals surface area contributed by atoms with E-state index in [1.165, 1.54) is 5.56 Å². The molecule has 1 nitrogen and oxygen atoms in total. The van der Waals surface area contributed by atoms with Crippen LogP contribution in [0.25, 0.3) is 11.1 Å². The van der Waals surface area contributed by atoms with Gasteiger partial charge in [-0.1, -0.05) is 67.7 Å². The monoisotopic (exact) mass is 316 g/mol. The number of hydrogen-bond donors (Lipinski definition) is 0. The van der Waals surface area contributed by atoms with Crippen LogP contribution in [0.2, 0.25) is 13.1 Å². The molecule has 110 valence electrons. The summed E-state index contributed by atoms with van der Waals surface area (Å²) in [7, 11) is -2.01. The molecule has 0 atom stereocenters. The highest BCUT2D eigenvalue weighted by molar-refractivity contribution is 7.26. The molecule has 0 saturated carbocycles. The molecule has 0 unspecified atom stereocenters. The van der Waals surface area contributed by atoms with E-state index in [-0.39, 0.29) is 0 Å². The average Bonchev–Trinajstić information content (AvgIpc) is 2.45. The zero-order chi connectivity index (χ0) is 15.5. The Hall–Kier alpha value is -1.51. The summed E-state index contributed by atoms with van der Waals surface area (Å²) in [5.41, 5.74) is 3.46. The fraction of sp³-hybridized carbons (Fsp3) is 0.222. The molecule has 0 spiro atoms. The summed E-state index contributed by atoms with van der Waals surface area (Å²) in [6.07, 6.45) is 1.77. The first kappa shape index (κ1) is 15.9. The van der Waals surface area contributed by atoms with Gasteiger partial charge in [-0.3, -0.25) is 0 Å². The van der Waals surface area contributed by atoms with E-state index < -0.39 is 7.38 Å². The first-order valence-electron chi connectivity index (χ1n) is 7.06. The number of rotatable bonds is 5. The summed E-state index contributed by atoms with van der Waals surface area (Å²) >= 11 is 6.71. The minimum Gasteiger partial charge on any atom is -0.489 e. The summed E-state index contributed by atoms with van der Waals surface area (Å²) < 4.78 is 5.99. The lowest BCUT2D eigenvalue weighted by atomic mass is 10.0. The van der Waals surface area contributed by atoms with E-state index in [2.05, 4.69) is 50.9 Å². The van der Waals surface area contributed by atoms with Crippen LogP contribution in [-0.4, -0.2) is 14.0 Å². The van der Waals surface area contributed by atoms with E-state index in [0.717, 1.165) is 22.1 Å². The van der Waals surface area contributed by atoms with Crippen molar-refractivity contribution in [2.75, 3.05) is 6.61 Å².